The van der Waals surface area contributed by atoms with Crippen LogP contribution >= 0.6 is 0 Å². The molecule has 1 atom stereocenters. The summed E-state index contributed by atoms with van der Waals surface area (Å²) >= 11 is 0. The van der Waals surface area contributed by atoms with Crippen LogP contribution in [-0.2, 0) is 0 Å². The van der Waals surface area contributed by atoms with Crippen LogP contribution in [-0.4, -0.2) is 11.2 Å². The summed E-state index contributed by atoms with van der Waals surface area (Å²) < 4.78 is 0. The Morgan fingerprint density at radius 2 is 2.17 bits per heavy atom. The standard InChI is InChI=1S/C11H19O/c1-4-7-9-10(8-5-2)11(12)6-3/h5-6,11-12H,2-4,7-9H2,1H3. The largest absolute Gasteiger partial charge is 0.388 e. The van der Waals surface area contributed by atoms with Crippen LogP contribution in [0.5, 0.6) is 0 Å². The van der Waals surface area contributed by atoms with Gasteiger partial charge in [-0.25, -0.2) is 0 Å². The molecule has 0 aromatic heterocycles. The smallest absolute Gasteiger partial charge is 0.0784 e. The molecule has 12 heavy (non-hydrogen) atoms. The van der Waals surface area contributed by atoms with Gasteiger partial charge >= 0.3 is 0 Å². The fraction of sp³-hybridized carbons (Fsp3) is 0.545. The Kier molecular flexibility index (Phi) is 6.78. The summed E-state index contributed by atoms with van der Waals surface area (Å²) in [5.74, 6) is 1.13. The molecule has 0 aliphatic heterocycles. The Bertz CT molecular complexity index is 129. The number of aliphatic hydroxyl groups is 1. The van der Waals surface area contributed by atoms with E-state index in [-0.39, 0.29) is 0 Å². The fourth-order valence-electron chi connectivity index (χ4n) is 1.13. The Morgan fingerprint density at radius 3 is 2.58 bits per heavy atom. The van der Waals surface area contributed by atoms with Crippen molar-refractivity contribution in [3.63, 3.8) is 0 Å². The highest BCUT2D eigenvalue weighted by Crippen LogP contribution is 2.20. The molecule has 1 nitrogen and oxygen atoms in total. The third-order valence-corrected chi connectivity index (χ3v) is 1.90. The molecule has 1 unspecified atom stereocenters. The summed E-state index contributed by atoms with van der Waals surface area (Å²) in [6, 6.07) is 0. The predicted octanol–water partition coefficient (Wildman–Crippen LogP) is 2.87. The Morgan fingerprint density at radius 1 is 1.50 bits per heavy atom. The summed E-state index contributed by atoms with van der Waals surface area (Å²) in [5.41, 5.74) is 0. The highest BCUT2D eigenvalue weighted by Gasteiger charge is 2.14. The van der Waals surface area contributed by atoms with Crippen LogP contribution in [0.2, 0.25) is 0 Å². The highest BCUT2D eigenvalue weighted by molar-refractivity contribution is 5.07. The van der Waals surface area contributed by atoms with Gasteiger partial charge in [0.2, 0.25) is 0 Å². The van der Waals surface area contributed by atoms with E-state index in [0.717, 1.165) is 31.6 Å². The second-order valence-electron chi connectivity index (χ2n) is 2.94. The van der Waals surface area contributed by atoms with E-state index in [2.05, 4.69) is 20.1 Å². The van der Waals surface area contributed by atoms with Gasteiger partial charge in [0.05, 0.1) is 6.10 Å². The number of rotatable bonds is 7. The number of hydrogen-bond donors (Lipinski definition) is 1. The Balaban J connectivity index is 3.83. The molecule has 1 radical (unpaired) electrons. The zero-order chi connectivity index (χ0) is 9.40. The van der Waals surface area contributed by atoms with E-state index in [4.69, 9.17) is 0 Å². The summed E-state index contributed by atoms with van der Waals surface area (Å²) in [6.45, 7) is 9.37. The first-order chi connectivity index (χ1) is 5.76. The van der Waals surface area contributed by atoms with Crippen molar-refractivity contribution in [2.75, 3.05) is 0 Å². The second-order valence-corrected chi connectivity index (χ2v) is 2.94. The molecule has 0 aromatic carbocycles. The van der Waals surface area contributed by atoms with Crippen LogP contribution in [0.15, 0.2) is 25.3 Å². The van der Waals surface area contributed by atoms with Gasteiger partial charge in [-0.1, -0.05) is 31.9 Å². The van der Waals surface area contributed by atoms with Gasteiger partial charge in [-0.2, -0.15) is 0 Å². The molecule has 0 aromatic rings. The van der Waals surface area contributed by atoms with E-state index in [1.165, 1.54) is 0 Å². The average molecular weight is 167 g/mol. The monoisotopic (exact) mass is 167 g/mol. The molecule has 69 valence electrons. The van der Waals surface area contributed by atoms with E-state index in [1.807, 2.05) is 6.08 Å². The molecule has 0 aliphatic rings. The van der Waals surface area contributed by atoms with Gasteiger partial charge in [-0.05, 0) is 12.8 Å². The molecule has 0 bridgehead atoms. The van der Waals surface area contributed by atoms with Crippen molar-refractivity contribution in [2.24, 2.45) is 0 Å². The summed E-state index contributed by atoms with van der Waals surface area (Å²) in [5, 5.41) is 9.47. The molecule has 0 saturated carbocycles. The lowest BCUT2D eigenvalue weighted by Gasteiger charge is -2.17. The van der Waals surface area contributed by atoms with Crippen LogP contribution in [0.1, 0.15) is 32.6 Å². The van der Waals surface area contributed by atoms with Gasteiger partial charge in [0.25, 0.3) is 0 Å². The van der Waals surface area contributed by atoms with Gasteiger partial charge < -0.3 is 5.11 Å². The topological polar surface area (TPSA) is 20.2 Å². The number of aliphatic hydroxyl groups excluding tert-OH is 1. The van der Waals surface area contributed by atoms with E-state index in [1.54, 1.807) is 6.08 Å². The Hall–Kier alpha value is -0.560. The number of hydrogen-bond acceptors (Lipinski definition) is 1. The molecule has 1 N–H and O–H groups in total. The van der Waals surface area contributed by atoms with Gasteiger partial charge in [0, 0.05) is 5.92 Å². The molecule has 0 spiro atoms. The summed E-state index contributed by atoms with van der Waals surface area (Å²) in [6.07, 6.45) is 7.03. The zero-order valence-electron chi connectivity index (χ0n) is 7.92. The minimum atomic E-state index is -0.449. The SMILES string of the molecule is C=CC[C](CCCC)C(O)C=C. The zero-order valence-corrected chi connectivity index (χ0v) is 7.92. The van der Waals surface area contributed by atoms with E-state index >= 15 is 0 Å². The molecule has 0 amide bonds. The van der Waals surface area contributed by atoms with Crippen molar-refractivity contribution >= 4 is 0 Å². The van der Waals surface area contributed by atoms with Crippen LogP contribution < -0.4 is 0 Å². The lowest BCUT2D eigenvalue weighted by Crippen LogP contribution is -2.14. The van der Waals surface area contributed by atoms with Crippen molar-refractivity contribution < 1.29 is 5.11 Å². The van der Waals surface area contributed by atoms with Crippen LogP contribution in [0.3, 0.4) is 0 Å². The van der Waals surface area contributed by atoms with Gasteiger partial charge in [-0.3, -0.25) is 0 Å². The fourth-order valence-corrected chi connectivity index (χ4v) is 1.13. The average Bonchev–Trinajstić information content (AvgIpc) is 2.11. The van der Waals surface area contributed by atoms with E-state index in [9.17, 15) is 5.11 Å². The minimum Gasteiger partial charge on any atom is -0.388 e. The molecule has 1 heteroatoms. The molecule has 0 fully saturated rings. The van der Waals surface area contributed by atoms with Gasteiger partial charge in [0.15, 0.2) is 0 Å². The number of unbranched alkanes of at least 4 members (excludes halogenated alkanes) is 1. The van der Waals surface area contributed by atoms with Crippen LogP contribution in [0.4, 0.5) is 0 Å². The van der Waals surface area contributed by atoms with Gasteiger partial charge in [-0.15, -0.1) is 13.2 Å². The maximum atomic E-state index is 9.47. The van der Waals surface area contributed by atoms with E-state index in [0.29, 0.717) is 0 Å². The molecule has 0 saturated heterocycles. The van der Waals surface area contributed by atoms with Gasteiger partial charge in [0.1, 0.15) is 0 Å². The molecule has 0 rings (SSSR count). The first-order valence-corrected chi connectivity index (χ1v) is 4.52. The highest BCUT2D eigenvalue weighted by atomic mass is 16.3. The van der Waals surface area contributed by atoms with E-state index < -0.39 is 6.10 Å². The van der Waals surface area contributed by atoms with Crippen LogP contribution in [0.25, 0.3) is 0 Å². The maximum absolute atomic E-state index is 9.47. The first-order valence-electron chi connectivity index (χ1n) is 4.52. The predicted molar refractivity (Wildman–Crippen MR) is 53.8 cm³/mol. The third kappa shape index (κ3) is 4.35. The normalized spacial score (nSPS) is 12.9. The molecule has 0 heterocycles. The molecule has 0 aliphatic carbocycles. The van der Waals surface area contributed by atoms with Crippen molar-refractivity contribution in [3.8, 4) is 0 Å². The number of allylic oxidation sites excluding steroid dienone is 1. The summed E-state index contributed by atoms with van der Waals surface area (Å²) in [4.78, 5) is 0. The third-order valence-electron chi connectivity index (χ3n) is 1.90. The molecular formula is C11H19O. The van der Waals surface area contributed by atoms with Crippen LogP contribution in [0, 0.1) is 5.92 Å². The quantitative estimate of drug-likeness (QED) is 0.578. The maximum Gasteiger partial charge on any atom is 0.0784 e. The minimum absolute atomic E-state index is 0.449. The lowest BCUT2D eigenvalue weighted by atomic mass is 9.93. The van der Waals surface area contributed by atoms with Crippen molar-refractivity contribution in [2.45, 2.75) is 38.7 Å². The Labute approximate surface area is 75.8 Å². The molecular weight excluding hydrogens is 148 g/mol. The lowest BCUT2D eigenvalue weighted by molar-refractivity contribution is 0.225. The van der Waals surface area contributed by atoms with Crippen molar-refractivity contribution in [1.29, 1.82) is 0 Å². The first kappa shape index (κ1) is 11.4. The summed E-state index contributed by atoms with van der Waals surface area (Å²) in [7, 11) is 0. The van der Waals surface area contributed by atoms with Crippen molar-refractivity contribution in [3.05, 3.63) is 31.2 Å². The van der Waals surface area contributed by atoms with Crippen molar-refractivity contribution in [1.82, 2.24) is 0 Å². The second kappa shape index (κ2) is 7.11.